The summed E-state index contributed by atoms with van der Waals surface area (Å²) >= 11 is 0. The molecule has 0 aliphatic heterocycles. The smallest absolute Gasteiger partial charge is 0.252 e. The standard InChI is InChI=1S/C26H27N3O4/c1-29-21-13-9-8-12-19(21)27-25(29)20(14-17-10-6-5-7-11-17)28-26(30)18-15-22(31-2)24(33-4)23(16-18)32-3/h5-13,15-16,20H,14H2,1-4H3,(H,28,30). The van der Waals surface area contributed by atoms with Crippen molar-refractivity contribution >= 4 is 16.9 Å². The van der Waals surface area contributed by atoms with Gasteiger partial charge in [-0.15, -0.1) is 0 Å². The predicted molar refractivity (Wildman–Crippen MR) is 127 cm³/mol. The molecular weight excluding hydrogens is 418 g/mol. The summed E-state index contributed by atoms with van der Waals surface area (Å²) in [5.41, 5.74) is 3.39. The first-order valence-corrected chi connectivity index (χ1v) is 10.6. The van der Waals surface area contributed by atoms with Gasteiger partial charge in [0.2, 0.25) is 5.75 Å². The van der Waals surface area contributed by atoms with Gasteiger partial charge in [-0.25, -0.2) is 4.98 Å². The summed E-state index contributed by atoms with van der Waals surface area (Å²) in [5.74, 6) is 1.80. The number of hydrogen-bond donors (Lipinski definition) is 1. The fourth-order valence-electron chi connectivity index (χ4n) is 3.99. The molecule has 1 unspecified atom stereocenters. The number of para-hydroxylation sites is 2. The van der Waals surface area contributed by atoms with Crippen molar-refractivity contribution in [3.05, 3.63) is 83.7 Å². The fraction of sp³-hybridized carbons (Fsp3) is 0.231. The first-order chi connectivity index (χ1) is 16.0. The molecule has 0 bridgehead atoms. The number of hydrogen-bond acceptors (Lipinski definition) is 5. The number of nitrogens with zero attached hydrogens (tertiary/aromatic N) is 2. The van der Waals surface area contributed by atoms with Crippen LogP contribution in [0.25, 0.3) is 11.0 Å². The summed E-state index contributed by atoms with van der Waals surface area (Å²) in [6.07, 6.45) is 0.591. The second-order valence-electron chi connectivity index (χ2n) is 7.65. The van der Waals surface area contributed by atoms with Crippen LogP contribution < -0.4 is 19.5 Å². The lowest BCUT2D eigenvalue weighted by atomic mass is 10.0. The SMILES string of the molecule is COc1cc(C(=O)NC(Cc2ccccc2)c2nc3ccccc3n2C)cc(OC)c1OC. The number of fused-ring (bicyclic) bond motifs is 1. The van der Waals surface area contributed by atoms with E-state index in [0.29, 0.717) is 29.2 Å². The number of methoxy groups -OCH3 is 3. The second kappa shape index (κ2) is 9.65. The second-order valence-corrected chi connectivity index (χ2v) is 7.65. The number of nitrogens with one attached hydrogen (secondary N) is 1. The highest BCUT2D eigenvalue weighted by atomic mass is 16.5. The van der Waals surface area contributed by atoms with E-state index in [0.717, 1.165) is 22.4 Å². The first kappa shape index (κ1) is 22.2. The highest BCUT2D eigenvalue weighted by Gasteiger charge is 2.24. The van der Waals surface area contributed by atoms with E-state index < -0.39 is 0 Å². The predicted octanol–water partition coefficient (Wildman–Crippen LogP) is 4.31. The zero-order valence-corrected chi connectivity index (χ0v) is 19.2. The van der Waals surface area contributed by atoms with Gasteiger partial charge >= 0.3 is 0 Å². The van der Waals surface area contributed by atoms with Crippen LogP contribution in [0.3, 0.4) is 0 Å². The van der Waals surface area contributed by atoms with E-state index in [4.69, 9.17) is 19.2 Å². The van der Waals surface area contributed by atoms with E-state index in [2.05, 4.69) is 5.32 Å². The normalized spacial score (nSPS) is 11.8. The van der Waals surface area contributed by atoms with Gasteiger partial charge in [0.05, 0.1) is 38.4 Å². The van der Waals surface area contributed by atoms with E-state index in [1.165, 1.54) is 21.3 Å². The number of carbonyl (C=O) groups excluding carboxylic acids is 1. The highest BCUT2D eigenvalue weighted by Crippen LogP contribution is 2.38. The molecule has 0 aliphatic carbocycles. The van der Waals surface area contributed by atoms with Crippen LogP contribution in [-0.4, -0.2) is 36.8 Å². The van der Waals surface area contributed by atoms with Crippen LogP contribution in [0.2, 0.25) is 0 Å². The van der Waals surface area contributed by atoms with Crippen molar-refractivity contribution in [1.82, 2.24) is 14.9 Å². The zero-order chi connectivity index (χ0) is 23.4. The van der Waals surface area contributed by atoms with Crippen molar-refractivity contribution in [3.8, 4) is 17.2 Å². The Morgan fingerprint density at radius 3 is 2.18 bits per heavy atom. The van der Waals surface area contributed by atoms with Gasteiger partial charge in [0, 0.05) is 12.6 Å². The van der Waals surface area contributed by atoms with Crippen LogP contribution in [0, 0.1) is 0 Å². The molecule has 0 aliphatic rings. The van der Waals surface area contributed by atoms with Crippen molar-refractivity contribution in [3.63, 3.8) is 0 Å². The molecule has 0 radical (unpaired) electrons. The van der Waals surface area contributed by atoms with E-state index in [1.807, 2.05) is 66.2 Å². The number of ether oxygens (including phenoxy) is 3. The molecule has 0 saturated carbocycles. The van der Waals surface area contributed by atoms with Crippen molar-refractivity contribution < 1.29 is 19.0 Å². The topological polar surface area (TPSA) is 74.6 Å². The lowest BCUT2D eigenvalue weighted by Crippen LogP contribution is -2.31. The molecule has 33 heavy (non-hydrogen) atoms. The van der Waals surface area contributed by atoms with Gasteiger partial charge in [0.1, 0.15) is 5.82 Å². The number of imidazole rings is 1. The van der Waals surface area contributed by atoms with E-state index in [9.17, 15) is 4.79 Å². The molecule has 0 saturated heterocycles. The summed E-state index contributed by atoms with van der Waals surface area (Å²) in [7, 11) is 6.54. The third-order valence-corrected chi connectivity index (χ3v) is 5.65. The van der Waals surface area contributed by atoms with Crippen molar-refractivity contribution in [2.24, 2.45) is 7.05 Å². The molecule has 4 rings (SSSR count). The van der Waals surface area contributed by atoms with Crippen LogP contribution >= 0.6 is 0 Å². The van der Waals surface area contributed by atoms with Gasteiger partial charge in [0.15, 0.2) is 11.5 Å². The Balaban J connectivity index is 1.72. The maximum absolute atomic E-state index is 13.4. The molecule has 4 aromatic rings. The molecule has 0 spiro atoms. The zero-order valence-electron chi connectivity index (χ0n) is 19.2. The average molecular weight is 446 g/mol. The Morgan fingerprint density at radius 1 is 0.939 bits per heavy atom. The summed E-state index contributed by atoms with van der Waals surface area (Å²) in [5, 5.41) is 3.17. The van der Waals surface area contributed by atoms with Crippen LogP contribution in [0.4, 0.5) is 0 Å². The van der Waals surface area contributed by atoms with Crippen molar-refractivity contribution in [1.29, 1.82) is 0 Å². The first-order valence-electron chi connectivity index (χ1n) is 10.6. The van der Waals surface area contributed by atoms with Gasteiger partial charge in [-0.1, -0.05) is 42.5 Å². The molecule has 0 fully saturated rings. The van der Waals surface area contributed by atoms with Crippen LogP contribution in [0.15, 0.2) is 66.7 Å². The van der Waals surface area contributed by atoms with Crippen LogP contribution in [0.1, 0.15) is 27.8 Å². The maximum atomic E-state index is 13.4. The third-order valence-electron chi connectivity index (χ3n) is 5.65. The summed E-state index contributed by atoms with van der Waals surface area (Å²) < 4.78 is 18.2. The minimum absolute atomic E-state index is 0.262. The van der Waals surface area contributed by atoms with Crippen LogP contribution in [-0.2, 0) is 13.5 Å². The molecule has 1 aromatic heterocycles. The van der Waals surface area contributed by atoms with E-state index >= 15 is 0 Å². The molecular formula is C26H27N3O4. The quantitative estimate of drug-likeness (QED) is 0.437. The summed E-state index contributed by atoms with van der Waals surface area (Å²) in [4.78, 5) is 18.2. The Kier molecular flexibility index (Phi) is 6.49. The Hall–Kier alpha value is -4.00. The van der Waals surface area contributed by atoms with Crippen molar-refractivity contribution in [2.75, 3.05) is 21.3 Å². The Bertz CT molecular complexity index is 1240. The molecule has 1 amide bonds. The molecule has 7 nitrogen and oxygen atoms in total. The average Bonchev–Trinajstić information content (AvgIpc) is 3.19. The number of benzene rings is 3. The fourth-order valence-corrected chi connectivity index (χ4v) is 3.99. The van der Waals surface area contributed by atoms with Gasteiger partial charge in [0.25, 0.3) is 5.91 Å². The number of carbonyl (C=O) groups is 1. The molecule has 1 atom stereocenters. The number of amides is 1. The lowest BCUT2D eigenvalue weighted by Gasteiger charge is -2.20. The summed E-state index contributed by atoms with van der Waals surface area (Å²) in [6.45, 7) is 0. The van der Waals surface area contributed by atoms with E-state index in [-0.39, 0.29) is 11.9 Å². The minimum Gasteiger partial charge on any atom is -0.493 e. The monoisotopic (exact) mass is 445 g/mol. The molecule has 1 heterocycles. The number of aryl methyl sites for hydroxylation is 1. The van der Waals surface area contributed by atoms with Crippen LogP contribution in [0.5, 0.6) is 17.2 Å². The molecule has 1 N–H and O–H groups in total. The van der Waals surface area contributed by atoms with Gasteiger partial charge < -0.3 is 24.1 Å². The minimum atomic E-state index is -0.351. The molecule has 7 heteroatoms. The highest BCUT2D eigenvalue weighted by molar-refractivity contribution is 5.96. The molecule has 170 valence electrons. The summed E-state index contributed by atoms with van der Waals surface area (Å²) in [6, 6.07) is 20.9. The van der Waals surface area contributed by atoms with Gasteiger partial charge in [-0.05, 0) is 36.2 Å². The maximum Gasteiger partial charge on any atom is 0.252 e. The number of rotatable bonds is 8. The Labute approximate surface area is 192 Å². The number of aromatic nitrogens is 2. The lowest BCUT2D eigenvalue weighted by molar-refractivity contribution is 0.0933. The van der Waals surface area contributed by atoms with Gasteiger partial charge in [-0.2, -0.15) is 0 Å². The third kappa shape index (κ3) is 4.48. The van der Waals surface area contributed by atoms with Gasteiger partial charge in [-0.3, -0.25) is 4.79 Å². The molecule has 3 aromatic carbocycles. The van der Waals surface area contributed by atoms with Crippen molar-refractivity contribution in [2.45, 2.75) is 12.5 Å². The largest absolute Gasteiger partial charge is 0.493 e. The Morgan fingerprint density at radius 2 is 1.58 bits per heavy atom. The van der Waals surface area contributed by atoms with E-state index in [1.54, 1.807) is 12.1 Å².